The second-order valence-electron chi connectivity index (χ2n) is 4.45. The third kappa shape index (κ3) is 1.99. The van der Waals surface area contributed by atoms with E-state index in [0.717, 1.165) is 11.0 Å². The van der Waals surface area contributed by atoms with E-state index in [2.05, 4.69) is 10.3 Å². The van der Waals surface area contributed by atoms with Gasteiger partial charge in [-0.3, -0.25) is 4.79 Å². The molecule has 0 fully saturated rings. The minimum Gasteiger partial charge on any atom is -0.506 e. The van der Waals surface area contributed by atoms with Gasteiger partial charge < -0.3 is 15.0 Å². The lowest BCUT2D eigenvalue weighted by molar-refractivity contribution is 0.101. The van der Waals surface area contributed by atoms with Gasteiger partial charge in [0.2, 0.25) is 0 Å². The van der Waals surface area contributed by atoms with Gasteiger partial charge in [-0.25, -0.2) is 4.98 Å². The van der Waals surface area contributed by atoms with E-state index in [4.69, 9.17) is 0 Å². The van der Waals surface area contributed by atoms with Gasteiger partial charge in [0.25, 0.3) is 5.91 Å². The van der Waals surface area contributed by atoms with Crippen LogP contribution in [-0.4, -0.2) is 20.6 Å². The fourth-order valence-corrected chi connectivity index (χ4v) is 2.11. The number of aryl methyl sites for hydroxylation is 1. The minimum absolute atomic E-state index is 0.0274. The molecular weight excluding hydrogens is 254 g/mol. The summed E-state index contributed by atoms with van der Waals surface area (Å²) in [7, 11) is 1.79. The Labute approximate surface area is 115 Å². The molecule has 2 aromatic carbocycles. The van der Waals surface area contributed by atoms with Gasteiger partial charge in [-0.2, -0.15) is 0 Å². The Morgan fingerprint density at radius 1 is 1.15 bits per heavy atom. The second kappa shape index (κ2) is 4.70. The number of carbonyl (C=O) groups is 1. The molecule has 5 nitrogen and oxygen atoms in total. The van der Waals surface area contributed by atoms with Crippen molar-refractivity contribution in [1.82, 2.24) is 9.55 Å². The predicted molar refractivity (Wildman–Crippen MR) is 76.8 cm³/mol. The molecule has 0 atom stereocenters. The van der Waals surface area contributed by atoms with Crippen LogP contribution in [0.3, 0.4) is 0 Å². The van der Waals surface area contributed by atoms with Crippen LogP contribution in [-0.2, 0) is 7.05 Å². The summed E-state index contributed by atoms with van der Waals surface area (Å²) >= 11 is 0. The molecule has 3 rings (SSSR count). The zero-order valence-electron chi connectivity index (χ0n) is 10.9. The molecule has 3 aromatic rings. The standard InChI is InChI=1S/C15H13N3O2/c1-18-12-8-4-2-6-10(12)16-14(18)15(20)17-11-7-3-5-9-13(11)19/h2-9,19H,1H3,(H,17,20). The van der Waals surface area contributed by atoms with Gasteiger partial charge in [0.05, 0.1) is 16.7 Å². The molecule has 20 heavy (non-hydrogen) atoms. The molecule has 1 aromatic heterocycles. The molecule has 2 N–H and O–H groups in total. The number of nitrogens with zero attached hydrogens (tertiary/aromatic N) is 2. The fourth-order valence-electron chi connectivity index (χ4n) is 2.11. The monoisotopic (exact) mass is 267 g/mol. The lowest BCUT2D eigenvalue weighted by Gasteiger charge is -2.06. The molecular formula is C15H13N3O2. The van der Waals surface area contributed by atoms with Crippen LogP contribution < -0.4 is 5.32 Å². The van der Waals surface area contributed by atoms with E-state index in [0.29, 0.717) is 11.5 Å². The molecule has 0 saturated carbocycles. The van der Waals surface area contributed by atoms with Crippen molar-refractivity contribution < 1.29 is 9.90 Å². The van der Waals surface area contributed by atoms with Crippen molar-refractivity contribution in [3.63, 3.8) is 0 Å². The van der Waals surface area contributed by atoms with Crippen LogP contribution in [0.15, 0.2) is 48.5 Å². The fraction of sp³-hybridized carbons (Fsp3) is 0.0667. The molecule has 5 heteroatoms. The first-order chi connectivity index (χ1) is 9.66. The average molecular weight is 267 g/mol. The summed E-state index contributed by atoms with van der Waals surface area (Å²) in [6.45, 7) is 0. The highest BCUT2D eigenvalue weighted by atomic mass is 16.3. The maximum absolute atomic E-state index is 12.3. The average Bonchev–Trinajstić information content (AvgIpc) is 2.79. The van der Waals surface area contributed by atoms with E-state index in [1.165, 1.54) is 6.07 Å². The maximum Gasteiger partial charge on any atom is 0.291 e. The number of hydrogen-bond acceptors (Lipinski definition) is 3. The van der Waals surface area contributed by atoms with Crippen LogP contribution in [0.2, 0.25) is 0 Å². The molecule has 0 aliphatic heterocycles. The predicted octanol–water partition coefficient (Wildman–Crippen LogP) is 2.53. The molecule has 0 radical (unpaired) electrons. The molecule has 0 spiro atoms. The number of benzene rings is 2. The number of imidazole rings is 1. The number of phenolic OH excluding ortho intramolecular Hbond substituents is 1. The van der Waals surface area contributed by atoms with Crippen LogP contribution in [0.25, 0.3) is 11.0 Å². The van der Waals surface area contributed by atoms with Crippen molar-refractivity contribution >= 4 is 22.6 Å². The number of fused-ring (bicyclic) bond motifs is 1. The third-order valence-corrected chi connectivity index (χ3v) is 3.14. The number of phenols is 1. The topological polar surface area (TPSA) is 67.2 Å². The molecule has 0 unspecified atom stereocenters. The van der Waals surface area contributed by atoms with Gasteiger partial charge in [-0.05, 0) is 24.3 Å². The summed E-state index contributed by atoms with van der Waals surface area (Å²) in [5, 5.41) is 12.3. The number of carbonyl (C=O) groups excluding carboxylic acids is 1. The molecule has 0 aliphatic rings. The third-order valence-electron chi connectivity index (χ3n) is 3.14. The van der Waals surface area contributed by atoms with Crippen molar-refractivity contribution in [2.75, 3.05) is 5.32 Å². The minimum atomic E-state index is -0.356. The van der Waals surface area contributed by atoms with E-state index in [1.54, 1.807) is 29.8 Å². The normalized spacial score (nSPS) is 10.7. The van der Waals surface area contributed by atoms with Gasteiger partial charge in [0.1, 0.15) is 5.75 Å². The molecule has 0 aliphatic carbocycles. The first-order valence-electron chi connectivity index (χ1n) is 6.17. The van der Waals surface area contributed by atoms with E-state index in [-0.39, 0.29) is 11.7 Å². The zero-order chi connectivity index (χ0) is 14.1. The molecule has 0 bridgehead atoms. The van der Waals surface area contributed by atoms with Crippen LogP contribution in [0.1, 0.15) is 10.6 Å². The lowest BCUT2D eigenvalue weighted by atomic mass is 10.3. The number of para-hydroxylation sites is 4. The van der Waals surface area contributed by atoms with Gasteiger partial charge in [0.15, 0.2) is 5.82 Å². The highest BCUT2D eigenvalue weighted by Gasteiger charge is 2.16. The first-order valence-corrected chi connectivity index (χ1v) is 6.17. The highest BCUT2D eigenvalue weighted by Crippen LogP contribution is 2.22. The summed E-state index contributed by atoms with van der Waals surface area (Å²) in [4.78, 5) is 16.6. The Morgan fingerprint density at radius 2 is 1.85 bits per heavy atom. The van der Waals surface area contributed by atoms with Gasteiger partial charge in [-0.1, -0.05) is 24.3 Å². The number of nitrogens with one attached hydrogen (secondary N) is 1. The van der Waals surface area contributed by atoms with E-state index < -0.39 is 0 Å². The Hall–Kier alpha value is -2.82. The van der Waals surface area contributed by atoms with Gasteiger partial charge in [-0.15, -0.1) is 0 Å². The molecule has 0 saturated heterocycles. The zero-order valence-corrected chi connectivity index (χ0v) is 10.9. The largest absolute Gasteiger partial charge is 0.506 e. The number of hydrogen-bond donors (Lipinski definition) is 2. The second-order valence-corrected chi connectivity index (χ2v) is 4.45. The van der Waals surface area contributed by atoms with Crippen LogP contribution in [0.4, 0.5) is 5.69 Å². The summed E-state index contributed by atoms with van der Waals surface area (Å²) in [6, 6.07) is 14.1. The summed E-state index contributed by atoms with van der Waals surface area (Å²) < 4.78 is 1.73. The maximum atomic E-state index is 12.3. The van der Waals surface area contributed by atoms with Gasteiger partial charge >= 0.3 is 0 Å². The smallest absolute Gasteiger partial charge is 0.291 e. The van der Waals surface area contributed by atoms with Crippen molar-refractivity contribution in [3.8, 4) is 5.75 Å². The van der Waals surface area contributed by atoms with Gasteiger partial charge in [0, 0.05) is 7.05 Å². The Bertz CT molecular complexity index is 793. The van der Waals surface area contributed by atoms with Crippen molar-refractivity contribution in [2.24, 2.45) is 7.05 Å². The van der Waals surface area contributed by atoms with E-state index >= 15 is 0 Å². The summed E-state index contributed by atoms with van der Waals surface area (Å²) in [5.41, 5.74) is 2.01. The Balaban J connectivity index is 1.97. The number of rotatable bonds is 2. The molecule has 1 heterocycles. The number of aromatic nitrogens is 2. The molecule has 100 valence electrons. The lowest BCUT2D eigenvalue weighted by Crippen LogP contribution is -2.16. The summed E-state index contributed by atoms with van der Waals surface area (Å²) in [5.74, 6) is -0.0285. The molecule has 1 amide bonds. The number of aromatic hydroxyl groups is 1. The quantitative estimate of drug-likeness (QED) is 0.701. The van der Waals surface area contributed by atoms with Crippen LogP contribution >= 0.6 is 0 Å². The van der Waals surface area contributed by atoms with Crippen LogP contribution in [0.5, 0.6) is 5.75 Å². The Kier molecular flexibility index (Phi) is 2.87. The SMILES string of the molecule is Cn1c(C(=O)Nc2ccccc2O)nc2ccccc21. The number of anilines is 1. The van der Waals surface area contributed by atoms with E-state index in [1.807, 2.05) is 24.3 Å². The highest BCUT2D eigenvalue weighted by molar-refractivity contribution is 6.04. The van der Waals surface area contributed by atoms with Crippen LogP contribution in [0, 0.1) is 0 Å². The van der Waals surface area contributed by atoms with Crippen molar-refractivity contribution in [1.29, 1.82) is 0 Å². The number of amides is 1. The van der Waals surface area contributed by atoms with Crippen molar-refractivity contribution in [3.05, 3.63) is 54.4 Å². The van der Waals surface area contributed by atoms with E-state index in [9.17, 15) is 9.90 Å². The Morgan fingerprint density at radius 3 is 2.60 bits per heavy atom. The first kappa shape index (κ1) is 12.2. The summed E-state index contributed by atoms with van der Waals surface area (Å²) in [6.07, 6.45) is 0. The van der Waals surface area contributed by atoms with Crippen molar-refractivity contribution in [2.45, 2.75) is 0 Å².